The van der Waals surface area contributed by atoms with Crippen LogP contribution in [0.25, 0.3) is 0 Å². The van der Waals surface area contributed by atoms with Gasteiger partial charge in [0.15, 0.2) is 10.2 Å². The maximum absolute atomic E-state index is 5.13. The first kappa shape index (κ1) is 15.5. The highest BCUT2D eigenvalue weighted by molar-refractivity contribution is 7.80. The summed E-state index contributed by atoms with van der Waals surface area (Å²) in [4.78, 5) is 0. The predicted octanol–water partition coefficient (Wildman–Crippen LogP) is 1.77. The van der Waals surface area contributed by atoms with E-state index in [-0.39, 0.29) is 6.04 Å². The molecule has 1 aromatic carbocycles. The minimum absolute atomic E-state index is 0.265. The van der Waals surface area contributed by atoms with Crippen molar-refractivity contribution in [1.82, 2.24) is 16.2 Å². The first-order chi connectivity index (χ1) is 9.01. The number of anilines is 1. The predicted molar refractivity (Wildman–Crippen MR) is 86.4 cm³/mol. The molecule has 0 fully saturated rings. The number of hydrogen-bond donors (Lipinski definition) is 4. The molecule has 0 radical (unpaired) electrons. The second kappa shape index (κ2) is 7.75. The highest BCUT2D eigenvalue weighted by Gasteiger charge is 2.01. The molecule has 0 unspecified atom stereocenters. The van der Waals surface area contributed by atoms with E-state index in [4.69, 9.17) is 29.2 Å². The number of rotatable bonds is 3. The van der Waals surface area contributed by atoms with Gasteiger partial charge in [0, 0.05) is 17.8 Å². The molecule has 0 saturated heterocycles. The van der Waals surface area contributed by atoms with E-state index in [1.807, 2.05) is 38.1 Å². The smallest absolute Gasteiger partial charge is 0.189 e. The third-order valence-electron chi connectivity index (χ3n) is 2.04. The van der Waals surface area contributed by atoms with Crippen LogP contribution in [0.1, 0.15) is 13.8 Å². The fraction of sp³-hybridized carbons (Fsp3) is 0.333. The average molecular weight is 298 g/mol. The Balaban J connectivity index is 2.40. The SMILES string of the molecule is COc1cccc(NC(=S)NNC(=S)NC(C)C)c1. The quantitative estimate of drug-likeness (QED) is 0.501. The summed E-state index contributed by atoms with van der Waals surface area (Å²) in [6.07, 6.45) is 0. The number of thiocarbonyl (C=S) groups is 2. The molecule has 0 aromatic heterocycles. The summed E-state index contributed by atoms with van der Waals surface area (Å²) in [5, 5.41) is 6.95. The molecular weight excluding hydrogens is 280 g/mol. The molecule has 0 saturated carbocycles. The molecule has 0 aliphatic rings. The van der Waals surface area contributed by atoms with Gasteiger partial charge < -0.3 is 15.4 Å². The maximum atomic E-state index is 5.13. The summed E-state index contributed by atoms with van der Waals surface area (Å²) in [5.41, 5.74) is 6.43. The molecular formula is C12H18N4OS2. The highest BCUT2D eigenvalue weighted by atomic mass is 32.1. The molecule has 19 heavy (non-hydrogen) atoms. The summed E-state index contributed by atoms with van der Waals surface area (Å²) in [6, 6.07) is 7.74. The number of nitrogens with one attached hydrogen (secondary N) is 4. The van der Waals surface area contributed by atoms with Crippen molar-refractivity contribution in [3.8, 4) is 5.75 Å². The van der Waals surface area contributed by atoms with E-state index < -0.39 is 0 Å². The van der Waals surface area contributed by atoms with Crippen molar-refractivity contribution < 1.29 is 4.74 Å². The zero-order valence-corrected chi connectivity index (χ0v) is 12.7. The van der Waals surface area contributed by atoms with Crippen molar-refractivity contribution >= 4 is 40.3 Å². The Morgan fingerprint density at radius 3 is 2.47 bits per heavy atom. The lowest BCUT2D eigenvalue weighted by Crippen LogP contribution is -2.49. The van der Waals surface area contributed by atoms with E-state index in [0.717, 1.165) is 11.4 Å². The van der Waals surface area contributed by atoms with Crippen LogP contribution in [0.5, 0.6) is 5.75 Å². The van der Waals surface area contributed by atoms with E-state index in [0.29, 0.717) is 10.2 Å². The number of hydrogen-bond acceptors (Lipinski definition) is 3. The third-order valence-corrected chi connectivity index (χ3v) is 2.46. The summed E-state index contributed by atoms with van der Waals surface area (Å²) < 4.78 is 5.13. The van der Waals surface area contributed by atoms with Crippen LogP contribution in [0, 0.1) is 0 Å². The molecule has 0 aliphatic carbocycles. The van der Waals surface area contributed by atoms with E-state index in [9.17, 15) is 0 Å². The Labute approximate surface area is 124 Å². The lowest BCUT2D eigenvalue weighted by atomic mass is 10.3. The Hall–Kier alpha value is -1.60. The van der Waals surface area contributed by atoms with E-state index in [2.05, 4.69) is 21.5 Å². The van der Waals surface area contributed by atoms with Crippen molar-refractivity contribution in [2.45, 2.75) is 19.9 Å². The summed E-state index contributed by atoms with van der Waals surface area (Å²) in [7, 11) is 1.62. The third kappa shape index (κ3) is 6.21. The minimum Gasteiger partial charge on any atom is -0.497 e. The van der Waals surface area contributed by atoms with Crippen LogP contribution in [0.2, 0.25) is 0 Å². The minimum atomic E-state index is 0.265. The van der Waals surface area contributed by atoms with Crippen LogP contribution < -0.4 is 26.2 Å². The zero-order chi connectivity index (χ0) is 14.3. The van der Waals surface area contributed by atoms with Gasteiger partial charge in [0.05, 0.1) is 7.11 Å². The number of ether oxygens (including phenoxy) is 1. The molecule has 104 valence electrons. The largest absolute Gasteiger partial charge is 0.497 e. The van der Waals surface area contributed by atoms with E-state index in [1.54, 1.807) is 7.11 Å². The number of hydrazine groups is 1. The zero-order valence-electron chi connectivity index (χ0n) is 11.1. The van der Waals surface area contributed by atoms with Gasteiger partial charge in [-0.1, -0.05) is 6.07 Å². The van der Waals surface area contributed by atoms with Crippen molar-refractivity contribution in [1.29, 1.82) is 0 Å². The fourth-order valence-electron chi connectivity index (χ4n) is 1.27. The molecule has 0 amide bonds. The van der Waals surface area contributed by atoms with Crippen LogP contribution >= 0.6 is 24.4 Å². The van der Waals surface area contributed by atoms with Crippen LogP contribution in [-0.4, -0.2) is 23.4 Å². The maximum Gasteiger partial charge on any atom is 0.189 e. The van der Waals surface area contributed by atoms with Gasteiger partial charge >= 0.3 is 0 Å². The number of benzene rings is 1. The average Bonchev–Trinajstić information content (AvgIpc) is 2.36. The molecule has 0 atom stereocenters. The monoisotopic (exact) mass is 298 g/mol. The summed E-state index contributed by atoms with van der Waals surface area (Å²) in [6.45, 7) is 4.00. The van der Waals surface area contributed by atoms with Gasteiger partial charge in [0.2, 0.25) is 0 Å². The Morgan fingerprint density at radius 1 is 1.16 bits per heavy atom. The van der Waals surface area contributed by atoms with Crippen LogP contribution in [0.4, 0.5) is 5.69 Å². The van der Waals surface area contributed by atoms with Gasteiger partial charge in [-0.15, -0.1) is 0 Å². The lowest BCUT2D eigenvalue weighted by Gasteiger charge is -2.16. The summed E-state index contributed by atoms with van der Waals surface area (Å²) >= 11 is 10.2. The first-order valence-corrected chi connectivity index (χ1v) is 6.60. The molecule has 0 spiro atoms. The van der Waals surface area contributed by atoms with Crippen molar-refractivity contribution in [3.63, 3.8) is 0 Å². The second-order valence-corrected chi connectivity index (χ2v) is 4.88. The van der Waals surface area contributed by atoms with Gasteiger partial charge in [0.1, 0.15) is 5.75 Å². The Kier molecular flexibility index (Phi) is 6.31. The normalized spacial score (nSPS) is 9.68. The summed E-state index contributed by atoms with van der Waals surface area (Å²) in [5.74, 6) is 0.762. The molecule has 1 aromatic rings. The standard InChI is InChI=1S/C12H18N4OS2/c1-8(2)13-11(18)15-16-12(19)14-9-5-4-6-10(7-9)17-3/h4-8H,1-3H3,(H2,13,15,18)(H2,14,16,19). The van der Waals surface area contributed by atoms with Gasteiger partial charge in [-0.3, -0.25) is 10.9 Å². The van der Waals surface area contributed by atoms with Gasteiger partial charge in [-0.2, -0.15) is 0 Å². The lowest BCUT2D eigenvalue weighted by molar-refractivity contribution is 0.415. The Bertz CT molecular complexity index is 451. The van der Waals surface area contributed by atoms with Crippen molar-refractivity contribution in [2.75, 3.05) is 12.4 Å². The molecule has 4 N–H and O–H groups in total. The topological polar surface area (TPSA) is 57.4 Å². The molecule has 7 heteroatoms. The van der Waals surface area contributed by atoms with Crippen molar-refractivity contribution in [2.24, 2.45) is 0 Å². The second-order valence-electron chi connectivity index (χ2n) is 4.06. The molecule has 0 aliphatic heterocycles. The van der Waals surface area contributed by atoms with E-state index >= 15 is 0 Å². The van der Waals surface area contributed by atoms with Crippen LogP contribution in [-0.2, 0) is 0 Å². The molecule has 5 nitrogen and oxygen atoms in total. The number of methoxy groups -OCH3 is 1. The molecule has 0 heterocycles. The molecule has 1 rings (SSSR count). The van der Waals surface area contributed by atoms with Gasteiger partial charge in [-0.25, -0.2) is 0 Å². The fourth-order valence-corrected chi connectivity index (χ4v) is 1.73. The molecule has 0 bridgehead atoms. The van der Waals surface area contributed by atoms with E-state index in [1.165, 1.54) is 0 Å². The van der Waals surface area contributed by atoms with Gasteiger partial charge in [0.25, 0.3) is 0 Å². The highest BCUT2D eigenvalue weighted by Crippen LogP contribution is 2.16. The first-order valence-electron chi connectivity index (χ1n) is 5.79. The Morgan fingerprint density at radius 2 is 1.84 bits per heavy atom. The van der Waals surface area contributed by atoms with Crippen LogP contribution in [0.3, 0.4) is 0 Å². The van der Waals surface area contributed by atoms with Crippen molar-refractivity contribution in [3.05, 3.63) is 24.3 Å². The van der Waals surface area contributed by atoms with Crippen LogP contribution in [0.15, 0.2) is 24.3 Å². The van der Waals surface area contributed by atoms with Gasteiger partial charge in [-0.05, 0) is 50.4 Å².